The van der Waals surface area contributed by atoms with Crippen LogP contribution in [0.3, 0.4) is 0 Å². The molecule has 0 fully saturated rings. The van der Waals surface area contributed by atoms with Crippen molar-refractivity contribution >= 4 is 35.1 Å². The third-order valence-electron chi connectivity index (χ3n) is 0.863. The van der Waals surface area contributed by atoms with Crippen LogP contribution in [0.5, 0.6) is 0 Å². The Balaban J connectivity index is -0.000000214. The minimum absolute atomic E-state index is 0. The first kappa shape index (κ1) is 20.8. The van der Waals surface area contributed by atoms with Crippen molar-refractivity contribution < 1.29 is 30.0 Å². The summed E-state index contributed by atoms with van der Waals surface area (Å²) in [6.07, 6.45) is 4.35. The number of hydrogen-bond acceptors (Lipinski definition) is 5. The molecule has 1 aromatic rings. The number of anilines is 1. The highest BCUT2D eigenvalue weighted by atomic mass is 79.9. The Morgan fingerprint density at radius 2 is 1.44 bits per heavy atom. The largest absolute Gasteiger partial charge is 0.503 e. The second kappa shape index (κ2) is 12.5. The van der Waals surface area contributed by atoms with Gasteiger partial charge in [0.25, 0.3) is 0 Å². The molecular weight excluding hydrogens is 314 g/mol. The average molecular weight is 324 g/mol. The summed E-state index contributed by atoms with van der Waals surface area (Å²) in [6.45, 7) is 0. The van der Waals surface area contributed by atoms with Gasteiger partial charge in [-0.25, -0.2) is 19.6 Å². The van der Waals surface area contributed by atoms with Gasteiger partial charge in [0.1, 0.15) is 0 Å². The van der Waals surface area contributed by atoms with Gasteiger partial charge in [-0.15, -0.1) is 23.4 Å². The Kier molecular flexibility index (Phi) is 14.5. The van der Waals surface area contributed by atoms with Crippen LogP contribution in [0.15, 0.2) is 12.4 Å². The van der Waals surface area contributed by atoms with Crippen LogP contribution in [-0.2, 0) is 0 Å². The number of nitrogen functional groups attached to an aromatic ring is 1. The highest BCUT2D eigenvalue weighted by Crippen LogP contribution is 1.98. The molecule has 0 bridgehead atoms. The Morgan fingerprint density at radius 1 is 1.11 bits per heavy atom. The van der Waals surface area contributed by atoms with Crippen molar-refractivity contribution in [3.63, 3.8) is 0 Å². The third-order valence-corrected chi connectivity index (χ3v) is 0.863. The lowest BCUT2D eigenvalue weighted by Gasteiger charge is -1.90. The molecule has 9 nitrogen and oxygen atoms in total. The van der Waals surface area contributed by atoms with Gasteiger partial charge in [0.15, 0.2) is 11.5 Å². The molecule has 0 atom stereocenters. The normalized spacial score (nSPS) is 6.83. The standard InChI is InChI=1S/C6H5N3.2CH2O3.BrH/c1-2-5-6(7)9-4-3-8-5;2*2-1(3)4;/h1,3-4H,(H2,7,9);2*(H2,2,3,4);1H. The summed E-state index contributed by atoms with van der Waals surface area (Å²) in [5.74, 6) is 2.60. The molecule has 0 aromatic carbocycles. The van der Waals surface area contributed by atoms with Crippen molar-refractivity contribution in [3.8, 4) is 12.3 Å². The van der Waals surface area contributed by atoms with Crippen LogP contribution < -0.4 is 5.73 Å². The fourth-order valence-corrected chi connectivity index (χ4v) is 0.460. The average Bonchev–Trinajstić information content (AvgIpc) is 2.16. The van der Waals surface area contributed by atoms with E-state index in [2.05, 4.69) is 15.9 Å². The molecule has 0 amide bonds. The predicted octanol–water partition coefficient (Wildman–Crippen LogP) is 1.06. The van der Waals surface area contributed by atoms with E-state index in [9.17, 15) is 0 Å². The van der Waals surface area contributed by atoms with E-state index in [0.29, 0.717) is 11.5 Å². The molecule has 0 radical (unpaired) electrons. The quantitative estimate of drug-likeness (QED) is 0.438. The van der Waals surface area contributed by atoms with Gasteiger partial charge < -0.3 is 26.2 Å². The number of terminal acetylenes is 1. The van der Waals surface area contributed by atoms with Gasteiger partial charge in [-0.1, -0.05) is 0 Å². The van der Waals surface area contributed by atoms with Crippen LogP contribution in [0.25, 0.3) is 0 Å². The van der Waals surface area contributed by atoms with Crippen molar-refractivity contribution in [2.75, 3.05) is 5.73 Å². The highest BCUT2D eigenvalue weighted by Gasteiger charge is 1.92. The highest BCUT2D eigenvalue weighted by molar-refractivity contribution is 8.93. The smallest absolute Gasteiger partial charge is 0.450 e. The molecule has 18 heavy (non-hydrogen) atoms. The lowest BCUT2D eigenvalue weighted by atomic mass is 10.4. The Labute approximate surface area is 112 Å². The number of nitrogens with zero attached hydrogens (tertiary/aromatic N) is 2. The topological polar surface area (TPSA) is 167 Å². The van der Waals surface area contributed by atoms with Gasteiger partial charge in [-0.3, -0.25) is 0 Å². The van der Waals surface area contributed by atoms with Crippen LogP contribution in [0.1, 0.15) is 5.69 Å². The molecule has 0 aliphatic rings. The van der Waals surface area contributed by atoms with Crippen molar-refractivity contribution in [3.05, 3.63) is 18.1 Å². The zero-order chi connectivity index (χ0) is 13.8. The second-order valence-electron chi connectivity index (χ2n) is 2.00. The van der Waals surface area contributed by atoms with E-state index in [-0.39, 0.29) is 17.0 Å². The van der Waals surface area contributed by atoms with Gasteiger partial charge in [0.2, 0.25) is 0 Å². The minimum atomic E-state index is -1.83. The van der Waals surface area contributed by atoms with Crippen LogP contribution in [-0.4, -0.2) is 42.7 Å². The van der Waals surface area contributed by atoms with Crippen molar-refractivity contribution in [2.24, 2.45) is 0 Å². The minimum Gasteiger partial charge on any atom is -0.450 e. The number of hydrogen-bond donors (Lipinski definition) is 5. The Hall–Kier alpha value is -2.54. The van der Waals surface area contributed by atoms with E-state index in [1.807, 2.05) is 0 Å². The molecular formula is C8H10BrN3O6. The van der Waals surface area contributed by atoms with Crippen LogP contribution in [0.2, 0.25) is 0 Å². The third kappa shape index (κ3) is 19.1. The maximum atomic E-state index is 8.56. The number of rotatable bonds is 0. The summed E-state index contributed by atoms with van der Waals surface area (Å²) >= 11 is 0. The van der Waals surface area contributed by atoms with Crippen molar-refractivity contribution in [1.29, 1.82) is 0 Å². The summed E-state index contributed by atoms with van der Waals surface area (Å²) in [4.78, 5) is 24.6. The zero-order valence-electron chi connectivity index (χ0n) is 8.72. The number of carbonyl (C=O) groups is 2. The second-order valence-corrected chi connectivity index (χ2v) is 2.00. The predicted molar refractivity (Wildman–Crippen MR) is 66.0 cm³/mol. The van der Waals surface area contributed by atoms with E-state index in [1.165, 1.54) is 12.4 Å². The van der Waals surface area contributed by atoms with Crippen molar-refractivity contribution in [2.45, 2.75) is 0 Å². The molecule has 0 saturated heterocycles. The molecule has 0 aliphatic heterocycles. The maximum Gasteiger partial charge on any atom is 0.503 e. The van der Waals surface area contributed by atoms with E-state index in [0.717, 1.165) is 0 Å². The lowest BCUT2D eigenvalue weighted by molar-refractivity contribution is 0.135. The number of halogens is 1. The monoisotopic (exact) mass is 323 g/mol. The molecule has 10 heteroatoms. The van der Waals surface area contributed by atoms with Gasteiger partial charge in [0.05, 0.1) is 0 Å². The van der Waals surface area contributed by atoms with Gasteiger partial charge in [-0.05, 0) is 5.92 Å². The fourth-order valence-electron chi connectivity index (χ4n) is 0.460. The van der Waals surface area contributed by atoms with Crippen LogP contribution >= 0.6 is 17.0 Å². The first-order valence-corrected chi connectivity index (χ1v) is 3.68. The molecule has 6 N–H and O–H groups in total. The summed E-state index contributed by atoms with van der Waals surface area (Å²) in [5, 5.41) is 27.9. The molecule has 1 aromatic heterocycles. The summed E-state index contributed by atoms with van der Waals surface area (Å²) in [5.41, 5.74) is 5.72. The van der Waals surface area contributed by atoms with Crippen LogP contribution in [0.4, 0.5) is 15.4 Å². The number of aromatic nitrogens is 2. The zero-order valence-corrected chi connectivity index (χ0v) is 10.4. The number of nitrogens with two attached hydrogens (primary N) is 1. The molecule has 0 saturated carbocycles. The summed E-state index contributed by atoms with van der Waals surface area (Å²) in [7, 11) is 0. The molecule has 1 heterocycles. The summed E-state index contributed by atoms with van der Waals surface area (Å²) < 4.78 is 0. The van der Waals surface area contributed by atoms with E-state index in [1.54, 1.807) is 0 Å². The maximum absolute atomic E-state index is 8.56. The fraction of sp³-hybridized carbons (Fsp3) is 0. The van der Waals surface area contributed by atoms with Gasteiger partial charge in [-0.2, -0.15) is 0 Å². The SMILES string of the molecule is Br.C#Cc1nccnc1N.O=C(O)O.O=C(O)O. The van der Waals surface area contributed by atoms with E-state index >= 15 is 0 Å². The van der Waals surface area contributed by atoms with Gasteiger partial charge in [0, 0.05) is 12.4 Å². The first-order valence-electron chi connectivity index (χ1n) is 3.68. The van der Waals surface area contributed by atoms with Crippen molar-refractivity contribution in [1.82, 2.24) is 9.97 Å². The Bertz CT molecular complexity index is 400. The molecule has 0 unspecified atom stereocenters. The molecule has 100 valence electrons. The van der Waals surface area contributed by atoms with E-state index < -0.39 is 12.3 Å². The Morgan fingerprint density at radius 3 is 1.67 bits per heavy atom. The van der Waals surface area contributed by atoms with E-state index in [4.69, 9.17) is 42.2 Å². The first-order chi connectivity index (χ1) is 7.81. The molecule has 0 aliphatic carbocycles. The summed E-state index contributed by atoms with van der Waals surface area (Å²) in [6, 6.07) is 0. The molecule has 1 rings (SSSR count). The lowest BCUT2D eigenvalue weighted by Crippen LogP contribution is -1.95. The molecule has 0 spiro atoms. The van der Waals surface area contributed by atoms with Crippen LogP contribution in [0, 0.1) is 12.3 Å². The van der Waals surface area contributed by atoms with Gasteiger partial charge >= 0.3 is 12.3 Å². The number of carboxylic acid groups (broad SMARTS) is 4.